The minimum absolute atomic E-state index is 0.130. The predicted octanol–water partition coefficient (Wildman–Crippen LogP) is 3.11. The Morgan fingerprint density at radius 1 is 1.57 bits per heavy atom. The van der Waals surface area contributed by atoms with Crippen LogP contribution in [-0.4, -0.2) is 15.7 Å². The van der Waals surface area contributed by atoms with E-state index in [4.69, 9.17) is 11.6 Å². The number of hydrogen-bond donors (Lipinski definition) is 0. The average Bonchev–Trinajstić information content (AvgIpc) is 2.47. The van der Waals surface area contributed by atoms with Crippen molar-refractivity contribution in [1.82, 2.24) is 9.78 Å². The number of halogens is 2. The van der Waals surface area contributed by atoms with Gasteiger partial charge in [-0.2, -0.15) is 5.10 Å². The summed E-state index contributed by atoms with van der Waals surface area (Å²) in [4.78, 5) is 11.2. The van der Waals surface area contributed by atoms with Crippen LogP contribution in [0.15, 0.2) is 22.8 Å². The summed E-state index contributed by atoms with van der Waals surface area (Å²) in [5, 5.41) is 5.43. The van der Waals surface area contributed by atoms with Crippen molar-refractivity contribution >= 4 is 44.3 Å². The summed E-state index contributed by atoms with van der Waals surface area (Å²) in [6, 6.07) is 3.49. The van der Waals surface area contributed by atoms with Gasteiger partial charge in [0.2, 0.25) is 5.91 Å². The molecule has 0 aliphatic heterocycles. The van der Waals surface area contributed by atoms with Gasteiger partial charge in [0.15, 0.2) is 0 Å². The smallest absolute Gasteiger partial charge is 0.244 e. The van der Waals surface area contributed by atoms with Crippen molar-refractivity contribution in [1.29, 1.82) is 0 Å². The van der Waals surface area contributed by atoms with Crippen molar-refractivity contribution in [3.8, 4) is 0 Å². The molecular weight excluding hydrogens is 267 g/mol. The summed E-state index contributed by atoms with van der Waals surface area (Å²) in [6.07, 6.45) is 1.64. The third-order valence-electron chi connectivity index (χ3n) is 1.90. The highest BCUT2D eigenvalue weighted by atomic mass is 79.9. The molecule has 0 radical (unpaired) electrons. The Bertz CT molecular complexity index is 521. The van der Waals surface area contributed by atoms with Gasteiger partial charge in [-0.15, -0.1) is 0 Å². The van der Waals surface area contributed by atoms with E-state index >= 15 is 0 Å². The van der Waals surface area contributed by atoms with Crippen LogP contribution in [0.2, 0.25) is 5.02 Å². The Labute approximate surface area is 93.8 Å². The molecule has 0 saturated heterocycles. The van der Waals surface area contributed by atoms with Gasteiger partial charge in [0.1, 0.15) is 0 Å². The van der Waals surface area contributed by atoms with E-state index in [1.54, 1.807) is 18.3 Å². The van der Waals surface area contributed by atoms with E-state index in [-0.39, 0.29) is 5.91 Å². The molecule has 0 aliphatic carbocycles. The standard InChI is InChI=1S/C9H6BrClN2O/c1-5(14)13-9-3-6(11)2-8(10)7(9)4-12-13/h2-4H,1H3. The largest absolute Gasteiger partial charge is 0.273 e. The minimum atomic E-state index is -0.130. The van der Waals surface area contributed by atoms with E-state index in [2.05, 4.69) is 21.0 Å². The average molecular weight is 274 g/mol. The zero-order chi connectivity index (χ0) is 10.3. The highest BCUT2D eigenvalue weighted by molar-refractivity contribution is 9.10. The Kier molecular flexibility index (Phi) is 2.33. The second kappa shape index (κ2) is 3.37. The van der Waals surface area contributed by atoms with Crippen molar-refractivity contribution in [2.45, 2.75) is 6.92 Å². The summed E-state index contributed by atoms with van der Waals surface area (Å²) < 4.78 is 2.17. The zero-order valence-corrected chi connectivity index (χ0v) is 9.63. The van der Waals surface area contributed by atoms with Crippen LogP contribution in [0.1, 0.15) is 11.7 Å². The Morgan fingerprint density at radius 2 is 2.29 bits per heavy atom. The molecule has 3 nitrogen and oxygen atoms in total. The van der Waals surface area contributed by atoms with Gasteiger partial charge in [0, 0.05) is 21.8 Å². The number of nitrogens with zero attached hydrogens (tertiary/aromatic N) is 2. The number of hydrogen-bond acceptors (Lipinski definition) is 2. The molecule has 1 aromatic heterocycles. The molecule has 0 fully saturated rings. The summed E-state index contributed by atoms with van der Waals surface area (Å²) >= 11 is 9.24. The van der Waals surface area contributed by atoms with E-state index in [1.165, 1.54) is 11.6 Å². The van der Waals surface area contributed by atoms with Crippen molar-refractivity contribution in [3.63, 3.8) is 0 Å². The van der Waals surface area contributed by atoms with Crippen LogP contribution in [0, 0.1) is 0 Å². The number of fused-ring (bicyclic) bond motifs is 1. The molecule has 2 rings (SSSR count). The highest BCUT2D eigenvalue weighted by Crippen LogP contribution is 2.27. The van der Waals surface area contributed by atoms with Crippen LogP contribution < -0.4 is 0 Å². The van der Waals surface area contributed by atoms with Gasteiger partial charge in [0.05, 0.1) is 11.7 Å². The second-order valence-electron chi connectivity index (χ2n) is 2.90. The number of carbonyl (C=O) groups excluding carboxylic acids is 1. The van der Waals surface area contributed by atoms with Crippen molar-refractivity contribution in [2.75, 3.05) is 0 Å². The molecule has 0 unspecified atom stereocenters. The normalized spacial score (nSPS) is 10.8. The zero-order valence-electron chi connectivity index (χ0n) is 7.29. The van der Waals surface area contributed by atoms with Gasteiger partial charge in [-0.25, -0.2) is 4.68 Å². The van der Waals surface area contributed by atoms with Crippen LogP contribution in [0.25, 0.3) is 10.9 Å². The molecule has 0 aliphatic rings. The molecule has 0 saturated carbocycles. The molecule has 0 amide bonds. The maximum absolute atomic E-state index is 11.2. The molecule has 0 atom stereocenters. The van der Waals surface area contributed by atoms with Crippen LogP contribution >= 0.6 is 27.5 Å². The number of rotatable bonds is 0. The molecule has 5 heteroatoms. The fourth-order valence-corrected chi connectivity index (χ4v) is 2.20. The van der Waals surface area contributed by atoms with E-state index in [0.717, 1.165) is 15.4 Å². The topological polar surface area (TPSA) is 34.9 Å². The highest BCUT2D eigenvalue weighted by Gasteiger charge is 2.09. The quantitative estimate of drug-likeness (QED) is 0.739. The van der Waals surface area contributed by atoms with Crippen molar-refractivity contribution in [3.05, 3.63) is 27.8 Å². The first-order chi connectivity index (χ1) is 6.59. The van der Waals surface area contributed by atoms with Crippen molar-refractivity contribution < 1.29 is 4.79 Å². The lowest BCUT2D eigenvalue weighted by atomic mass is 10.2. The Morgan fingerprint density at radius 3 is 2.93 bits per heavy atom. The molecule has 0 spiro atoms. The third-order valence-corrected chi connectivity index (χ3v) is 2.78. The summed E-state index contributed by atoms with van der Waals surface area (Å²) in [6.45, 7) is 1.46. The Balaban J connectivity index is 2.85. The first-order valence-electron chi connectivity index (χ1n) is 3.93. The second-order valence-corrected chi connectivity index (χ2v) is 4.19. The maximum atomic E-state index is 11.2. The number of benzene rings is 1. The first kappa shape index (κ1) is 9.68. The van der Waals surface area contributed by atoms with Gasteiger partial charge in [-0.3, -0.25) is 4.79 Å². The molecule has 0 bridgehead atoms. The number of aromatic nitrogens is 2. The number of carbonyl (C=O) groups is 1. The van der Waals surface area contributed by atoms with Gasteiger partial charge in [-0.1, -0.05) is 11.6 Å². The lowest BCUT2D eigenvalue weighted by Gasteiger charge is -1.99. The minimum Gasteiger partial charge on any atom is -0.273 e. The fraction of sp³-hybridized carbons (Fsp3) is 0.111. The van der Waals surface area contributed by atoms with E-state index < -0.39 is 0 Å². The van der Waals surface area contributed by atoms with Crippen LogP contribution in [-0.2, 0) is 0 Å². The van der Waals surface area contributed by atoms with Gasteiger partial charge in [-0.05, 0) is 28.1 Å². The molecule has 2 aromatic rings. The Hall–Kier alpha value is -0.870. The lowest BCUT2D eigenvalue weighted by molar-refractivity contribution is 0.0927. The predicted molar refractivity (Wildman–Crippen MR) is 58.7 cm³/mol. The van der Waals surface area contributed by atoms with E-state index in [1.807, 2.05) is 0 Å². The lowest BCUT2D eigenvalue weighted by Crippen LogP contribution is -2.06. The molecule has 1 heterocycles. The van der Waals surface area contributed by atoms with Crippen LogP contribution in [0.4, 0.5) is 0 Å². The van der Waals surface area contributed by atoms with E-state index in [9.17, 15) is 4.79 Å². The van der Waals surface area contributed by atoms with Crippen LogP contribution in [0.3, 0.4) is 0 Å². The monoisotopic (exact) mass is 272 g/mol. The third kappa shape index (κ3) is 1.44. The summed E-state index contributed by atoms with van der Waals surface area (Å²) in [5.74, 6) is -0.130. The fourth-order valence-electron chi connectivity index (χ4n) is 1.30. The molecule has 1 aromatic carbocycles. The van der Waals surface area contributed by atoms with Crippen LogP contribution in [0.5, 0.6) is 0 Å². The van der Waals surface area contributed by atoms with Gasteiger partial charge in [0.25, 0.3) is 0 Å². The van der Waals surface area contributed by atoms with Gasteiger partial charge >= 0.3 is 0 Å². The molecule has 0 N–H and O–H groups in total. The van der Waals surface area contributed by atoms with E-state index in [0.29, 0.717) is 5.02 Å². The maximum Gasteiger partial charge on any atom is 0.244 e. The summed E-state index contributed by atoms with van der Waals surface area (Å²) in [7, 11) is 0. The summed E-state index contributed by atoms with van der Waals surface area (Å²) in [5.41, 5.74) is 0.719. The van der Waals surface area contributed by atoms with Gasteiger partial charge < -0.3 is 0 Å². The molecule has 14 heavy (non-hydrogen) atoms. The van der Waals surface area contributed by atoms with Crippen molar-refractivity contribution in [2.24, 2.45) is 0 Å². The molecule has 72 valence electrons. The SMILES string of the molecule is CC(=O)n1ncc2c(Br)cc(Cl)cc21. The first-order valence-corrected chi connectivity index (χ1v) is 5.10. The molecular formula is C9H6BrClN2O.